The molecule has 0 fully saturated rings. The highest BCUT2D eigenvalue weighted by Gasteiger charge is 2.24. The van der Waals surface area contributed by atoms with Gasteiger partial charge in [-0.05, 0) is 71.5 Å². The Morgan fingerprint density at radius 1 is 1.07 bits per heavy atom. The van der Waals surface area contributed by atoms with Gasteiger partial charge >= 0.3 is 5.69 Å². The topological polar surface area (TPSA) is 102 Å². The second kappa shape index (κ2) is 8.16. The second-order valence-corrected chi connectivity index (χ2v) is 6.88. The Balaban J connectivity index is 2.00. The zero-order chi connectivity index (χ0) is 19.4. The van der Waals surface area contributed by atoms with Crippen LogP contribution in [0.1, 0.15) is 5.56 Å². The number of halogens is 1. The lowest BCUT2D eigenvalue weighted by molar-refractivity contribution is -0.383. The molecule has 2 N–H and O–H groups in total. The van der Waals surface area contributed by atoms with Gasteiger partial charge in [0, 0.05) is 9.26 Å². The Morgan fingerprint density at radius 2 is 1.74 bits per heavy atom. The molecule has 0 aliphatic heterocycles. The molecule has 2 aromatic carbocycles. The van der Waals surface area contributed by atoms with E-state index < -0.39 is 4.92 Å². The molecule has 3 aromatic rings. The van der Waals surface area contributed by atoms with Gasteiger partial charge in [0.25, 0.3) is 0 Å². The summed E-state index contributed by atoms with van der Waals surface area (Å²) in [5.41, 5.74) is 2.00. The van der Waals surface area contributed by atoms with Crippen LogP contribution in [-0.2, 0) is 0 Å². The number of hydrogen-bond acceptors (Lipinski definition) is 7. The van der Waals surface area contributed by atoms with Crippen molar-refractivity contribution >= 4 is 51.3 Å². The van der Waals surface area contributed by atoms with E-state index in [9.17, 15) is 10.1 Å². The first-order valence-corrected chi connectivity index (χ1v) is 8.99. The maximum Gasteiger partial charge on any atom is 0.353 e. The Kier molecular flexibility index (Phi) is 5.69. The molecule has 1 heterocycles. The number of aryl methyl sites for hydroxylation is 1. The van der Waals surface area contributed by atoms with Crippen molar-refractivity contribution in [3.63, 3.8) is 0 Å². The van der Waals surface area contributed by atoms with Crippen LogP contribution in [-0.4, -0.2) is 22.0 Å². The first-order chi connectivity index (χ1) is 13.0. The number of nitro groups is 1. The number of nitrogens with one attached hydrogen (secondary N) is 2. The molecule has 0 atom stereocenters. The third-order valence-electron chi connectivity index (χ3n) is 3.72. The van der Waals surface area contributed by atoms with Crippen molar-refractivity contribution in [2.75, 3.05) is 17.7 Å². The Hall–Kier alpha value is -2.95. The van der Waals surface area contributed by atoms with Crippen molar-refractivity contribution in [3.8, 4) is 5.75 Å². The minimum atomic E-state index is -0.514. The maximum absolute atomic E-state index is 11.7. The summed E-state index contributed by atoms with van der Waals surface area (Å²) in [7, 11) is 1.54. The second-order valence-electron chi connectivity index (χ2n) is 5.64. The third-order valence-corrected chi connectivity index (χ3v) is 4.44. The fourth-order valence-electron chi connectivity index (χ4n) is 2.45. The van der Waals surface area contributed by atoms with Crippen LogP contribution in [0.2, 0.25) is 0 Å². The quantitative estimate of drug-likeness (QED) is 0.299. The lowest BCUT2D eigenvalue weighted by Crippen LogP contribution is -2.06. The number of methoxy groups -OCH3 is 1. The smallest absolute Gasteiger partial charge is 0.353 e. The van der Waals surface area contributed by atoms with Gasteiger partial charge in [0.05, 0.1) is 17.7 Å². The number of aromatic nitrogens is 2. The lowest BCUT2D eigenvalue weighted by atomic mass is 10.2. The largest absolute Gasteiger partial charge is 0.495 e. The fraction of sp³-hybridized carbons (Fsp3) is 0.111. The van der Waals surface area contributed by atoms with Crippen molar-refractivity contribution < 1.29 is 9.66 Å². The van der Waals surface area contributed by atoms with E-state index in [1.165, 1.54) is 13.4 Å². The Bertz CT molecular complexity index is 979. The molecule has 9 heteroatoms. The SMILES string of the molecule is COc1ccc(C)cc1Nc1ncnc(Nc2ccc(I)cc2)c1[N+](=O)[O-]. The molecule has 8 nitrogen and oxygen atoms in total. The molecule has 138 valence electrons. The van der Waals surface area contributed by atoms with Gasteiger partial charge in [0.15, 0.2) is 0 Å². The Labute approximate surface area is 169 Å². The van der Waals surface area contributed by atoms with Gasteiger partial charge < -0.3 is 15.4 Å². The molecule has 0 bridgehead atoms. The van der Waals surface area contributed by atoms with Gasteiger partial charge in [-0.15, -0.1) is 0 Å². The van der Waals surface area contributed by atoms with Gasteiger partial charge in [-0.1, -0.05) is 6.07 Å². The highest BCUT2D eigenvalue weighted by atomic mass is 127. The number of rotatable bonds is 6. The molecule has 0 unspecified atom stereocenters. The van der Waals surface area contributed by atoms with Crippen molar-refractivity contribution in [1.82, 2.24) is 9.97 Å². The summed E-state index contributed by atoms with van der Waals surface area (Å²) < 4.78 is 6.38. The van der Waals surface area contributed by atoms with Gasteiger partial charge in [0.1, 0.15) is 12.1 Å². The summed E-state index contributed by atoms with van der Waals surface area (Å²) in [6.07, 6.45) is 1.27. The maximum atomic E-state index is 11.7. The zero-order valence-electron chi connectivity index (χ0n) is 14.6. The molecule has 1 aromatic heterocycles. The molecule has 0 saturated heterocycles. The fourth-order valence-corrected chi connectivity index (χ4v) is 2.81. The van der Waals surface area contributed by atoms with Gasteiger partial charge in [0.2, 0.25) is 11.6 Å². The summed E-state index contributed by atoms with van der Waals surface area (Å²) >= 11 is 2.19. The molecular weight excluding hydrogens is 461 g/mol. The predicted octanol–water partition coefficient (Wildman–Crippen LogP) is 4.79. The van der Waals surface area contributed by atoms with Crippen LogP contribution in [0.4, 0.5) is 28.7 Å². The van der Waals surface area contributed by atoms with E-state index in [1.807, 2.05) is 43.3 Å². The highest BCUT2D eigenvalue weighted by molar-refractivity contribution is 14.1. The van der Waals surface area contributed by atoms with Crippen LogP contribution >= 0.6 is 22.6 Å². The average Bonchev–Trinajstić information content (AvgIpc) is 2.64. The molecule has 0 spiro atoms. The number of anilines is 4. The van der Waals surface area contributed by atoms with Gasteiger partial charge in [-0.25, -0.2) is 9.97 Å². The minimum absolute atomic E-state index is 0.0758. The highest BCUT2D eigenvalue weighted by Crippen LogP contribution is 2.35. The van der Waals surface area contributed by atoms with Crippen LogP contribution < -0.4 is 15.4 Å². The molecule has 0 aliphatic carbocycles. The minimum Gasteiger partial charge on any atom is -0.495 e. The van der Waals surface area contributed by atoms with E-state index >= 15 is 0 Å². The number of nitrogens with zero attached hydrogens (tertiary/aromatic N) is 3. The summed E-state index contributed by atoms with van der Waals surface area (Å²) in [6.45, 7) is 1.92. The average molecular weight is 477 g/mol. The first-order valence-electron chi connectivity index (χ1n) is 7.91. The van der Waals surface area contributed by atoms with Gasteiger partial charge in [-0.2, -0.15) is 0 Å². The molecule has 0 aliphatic rings. The van der Waals surface area contributed by atoms with Crippen LogP contribution in [0.25, 0.3) is 0 Å². The third kappa shape index (κ3) is 4.42. The van der Waals surface area contributed by atoms with Crippen molar-refractivity contribution in [2.24, 2.45) is 0 Å². The molecule has 27 heavy (non-hydrogen) atoms. The predicted molar refractivity (Wildman–Crippen MR) is 112 cm³/mol. The van der Waals surface area contributed by atoms with Crippen molar-refractivity contribution in [1.29, 1.82) is 0 Å². The van der Waals surface area contributed by atoms with Crippen molar-refractivity contribution in [3.05, 3.63) is 68.0 Å². The molecule has 0 radical (unpaired) electrons. The van der Waals surface area contributed by atoms with Crippen LogP contribution in [0.5, 0.6) is 5.75 Å². The van der Waals surface area contributed by atoms with E-state index in [1.54, 1.807) is 6.07 Å². The summed E-state index contributed by atoms with van der Waals surface area (Å²) in [5, 5.41) is 17.7. The lowest BCUT2D eigenvalue weighted by Gasteiger charge is -2.13. The monoisotopic (exact) mass is 477 g/mol. The number of ether oxygens (including phenoxy) is 1. The van der Waals surface area contributed by atoms with E-state index in [-0.39, 0.29) is 17.3 Å². The number of benzene rings is 2. The summed E-state index contributed by atoms with van der Waals surface area (Å²) in [6, 6.07) is 12.9. The van der Waals surface area contributed by atoms with E-state index in [0.29, 0.717) is 17.1 Å². The van der Waals surface area contributed by atoms with E-state index in [2.05, 4.69) is 43.2 Å². The Morgan fingerprint density at radius 3 is 2.37 bits per heavy atom. The van der Waals surface area contributed by atoms with Crippen LogP contribution in [0.3, 0.4) is 0 Å². The zero-order valence-corrected chi connectivity index (χ0v) is 16.7. The van der Waals surface area contributed by atoms with E-state index in [4.69, 9.17) is 4.74 Å². The molecule has 0 amide bonds. The standard InChI is InChI=1S/C18H16IN5O3/c1-11-3-8-15(27-2)14(9-11)23-18-16(24(25)26)17(20-10-21-18)22-13-6-4-12(19)5-7-13/h3-10H,1-2H3,(H2,20,21,22,23). The normalized spacial score (nSPS) is 10.3. The molecule has 0 saturated carbocycles. The van der Waals surface area contributed by atoms with Crippen LogP contribution in [0.15, 0.2) is 48.8 Å². The first kappa shape index (κ1) is 18.8. The molecular formula is C18H16IN5O3. The van der Waals surface area contributed by atoms with Crippen LogP contribution in [0, 0.1) is 20.6 Å². The van der Waals surface area contributed by atoms with Crippen molar-refractivity contribution in [2.45, 2.75) is 6.92 Å². The summed E-state index contributed by atoms with van der Waals surface area (Å²) in [5.74, 6) is 0.734. The van der Waals surface area contributed by atoms with E-state index in [0.717, 1.165) is 9.13 Å². The number of hydrogen-bond donors (Lipinski definition) is 2. The molecule has 3 rings (SSSR count). The summed E-state index contributed by atoms with van der Waals surface area (Å²) in [4.78, 5) is 19.3. The van der Waals surface area contributed by atoms with Gasteiger partial charge in [-0.3, -0.25) is 10.1 Å².